The Hall–Kier alpha value is -0.643. The molecule has 0 unspecified atom stereocenters. The van der Waals surface area contributed by atoms with Crippen molar-refractivity contribution in [3.05, 3.63) is 35.9 Å². The van der Waals surface area contributed by atoms with Crippen molar-refractivity contribution < 1.29 is 5.32 Å². The van der Waals surface area contributed by atoms with E-state index in [2.05, 4.69) is 51.2 Å². The summed E-state index contributed by atoms with van der Waals surface area (Å²) in [5.74, 6) is 0. The van der Waals surface area contributed by atoms with Gasteiger partial charge in [0.1, 0.15) is 6.54 Å². The van der Waals surface area contributed by atoms with Crippen LogP contribution in [0.25, 0.3) is 0 Å². The van der Waals surface area contributed by atoms with Gasteiger partial charge in [-0.15, -0.1) is 0 Å². The Morgan fingerprint density at radius 3 is 1.91 bits per heavy atom. The lowest BCUT2D eigenvalue weighted by Crippen LogP contribution is -2.82. The van der Waals surface area contributed by atoms with Crippen molar-refractivity contribution in [3.8, 4) is 0 Å². The molecular formula is C20H36N2Si+. The third-order valence-electron chi connectivity index (χ3n) is 4.36. The van der Waals surface area contributed by atoms with Crippen molar-refractivity contribution in [1.29, 1.82) is 0 Å². The van der Waals surface area contributed by atoms with Crippen molar-refractivity contribution in [1.82, 2.24) is 5.32 Å². The Kier molecular flexibility index (Phi) is 14.4. The van der Waals surface area contributed by atoms with E-state index in [1.54, 1.807) is 0 Å². The summed E-state index contributed by atoms with van der Waals surface area (Å²) in [5, 5.41) is 5.75. The van der Waals surface area contributed by atoms with Crippen LogP contribution in [0.3, 0.4) is 0 Å². The molecule has 0 aromatic heterocycles. The fraction of sp³-hybridized carbons (Fsp3) is 0.700. The highest BCUT2D eigenvalue weighted by Gasteiger charge is 1.96. The second-order valence-corrected chi connectivity index (χ2v) is 6.83. The molecule has 0 aliphatic rings. The van der Waals surface area contributed by atoms with Gasteiger partial charge in [0, 0.05) is 15.8 Å². The molecule has 23 heavy (non-hydrogen) atoms. The molecule has 1 rings (SSSR count). The summed E-state index contributed by atoms with van der Waals surface area (Å²) in [6.45, 7) is 3.56. The van der Waals surface area contributed by atoms with Crippen molar-refractivity contribution in [3.63, 3.8) is 0 Å². The van der Waals surface area contributed by atoms with Gasteiger partial charge < -0.3 is 10.6 Å². The molecule has 0 bridgehead atoms. The minimum atomic E-state index is 0.921. The van der Waals surface area contributed by atoms with Gasteiger partial charge in [-0.1, -0.05) is 75.3 Å². The maximum atomic E-state index is 3.43. The monoisotopic (exact) mass is 332 g/mol. The average Bonchev–Trinajstić information content (AvgIpc) is 2.59. The zero-order valence-corrected chi connectivity index (χ0v) is 15.9. The van der Waals surface area contributed by atoms with Gasteiger partial charge in [0.2, 0.25) is 0 Å². The van der Waals surface area contributed by atoms with Gasteiger partial charge in [-0.25, -0.2) is 0 Å². The van der Waals surface area contributed by atoms with Crippen molar-refractivity contribution in [2.24, 2.45) is 0 Å². The molecule has 3 heteroatoms. The van der Waals surface area contributed by atoms with Crippen LogP contribution in [0.4, 0.5) is 0 Å². The number of quaternary nitrogens is 1. The van der Waals surface area contributed by atoms with Crippen LogP contribution in [0.15, 0.2) is 30.3 Å². The molecule has 0 spiro atoms. The van der Waals surface area contributed by atoms with Gasteiger partial charge in [0.15, 0.2) is 0 Å². The Morgan fingerprint density at radius 1 is 0.739 bits per heavy atom. The fourth-order valence-electron chi connectivity index (χ4n) is 2.92. The predicted molar refractivity (Wildman–Crippen MR) is 102 cm³/mol. The second-order valence-electron chi connectivity index (χ2n) is 6.48. The van der Waals surface area contributed by atoms with E-state index in [4.69, 9.17) is 0 Å². The van der Waals surface area contributed by atoms with Crippen LogP contribution in [-0.2, 0) is 6.54 Å². The molecule has 0 fully saturated rings. The summed E-state index contributed by atoms with van der Waals surface area (Å²) in [6, 6.07) is 10.8. The van der Waals surface area contributed by atoms with E-state index in [0.29, 0.717) is 0 Å². The third-order valence-corrected chi connectivity index (χ3v) is 4.61. The number of nitrogens with two attached hydrogens (primary N) is 1. The van der Waals surface area contributed by atoms with Crippen LogP contribution in [0.1, 0.15) is 69.8 Å². The van der Waals surface area contributed by atoms with E-state index >= 15 is 0 Å². The molecule has 0 atom stereocenters. The van der Waals surface area contributed by atoms with E-state index in [-0.39, 0.29) is 0 Å². The van der Waals surface area contributed by atoms with Crippen LogP contribution in [-0.4, -0.2) is 29.5 Å². The van der Waals surface area contributed by atoms with E-state index < -0.39 is 0 Å². The SMILES string of the molecule is [Si]CNCCCCCCCCCCCC[NH2+]Cc1ccccc1. The molecule has 0 aliphatic heterocycles. The number of unbranched alkanes of at least 4 members (excludes halogenated alkanes) is 9. The number of hydrogen-bond donors (Lipinski definition) is 2. The Morgan fingerprint density at radius 2 is 1.30 bits per heavy atom. The van der Waals surface area contributed by atoms with Crippen LogP contribution in [0.2, 0.25) is 0 Å². The zero-order valence-electron chi connectivity index (χ0n) is 14.9. The quantitative estimate of drug-likeness (QED) is 0.353. The highest BCUT2D eigenvalue weighted by molar-refractivity contribution is 6.08. The molecular weight excluding hydrogens is 296 g/mol. The third kappa shape index (κ3) is 13.5. The molecule has 1 aromatic carbocycles. The topological polar surface area (TPSA) is 28.6 Å². The molecule has 3 radical (unpaired) electrons. The standard InChI is InChI=1S/C20H35N2Si/c23-19-22-17-13-8-6-4-2-1-3-5-7-12-16-21-18-20-14-10-9-11-15-20/h9-11,14-15,21-22H,1-8,12-13,16-19H2/p+1. The van der Waals surface area contributed by atoms with Crippen LogP contribution in [0, 0.1) is 0 Å². The Balaban J connectivity index is 1.72. The minimum absolute atomic E-state index is 0.921. The number of hydrogen-bond acceptors (Lipinski definition) is 1. The van der Waals surface area contributed by atoms with Crippen molar-refractivity contribution in [2.45, 2.75) is 70.8 Å². The first-order chi connectivity index (χ1) is 11.4. The highest BCUT2D eigenvalue weighted by Crippen LogP contribution is 2.10. The molecule has 129 valence electrons. The van der Waals surface area contributed by atoms with E-state index in [0.717, 1.165) is 19.3 Å². The van der Waals surface area contributed by atoms with Crippen molar-refractivity contribution in [2.75, 3.05) is 19.3 Å². The molecule has 0 amide bonds. The van der Waals surface area contributed by atoms with Crippen molar-refractivity contribution >= 4 is 10.2 Å². The summed E-state index contributed by atoms with van der Waals surface area (Å²) in [6.07, 6.45) is 15.0. The summed E-state index contributed by atoms with van der Waals surface area (Å²) in [5.41, 5.74) is 1.44. The molecule has 3 N–H and O–H groups in total. The smallest absolute Gasteiger partial charge is 0.101 e. The Bertz CT molecular complexity index is 343. The Labute approximate surface area is 147 Å². The van der Waals surface area contributed by atoms with Gasteiger partial charge in [0.25, 0.3) is 0 Å². The largest absolute Gasteiger partial charge is 0.343 e. The second kappa shape index (κ2) is 16.2. The highest BCUT2D eigenvalue weighted by atomic mass is 28.1. The number of nitrogens with one attached hydrogen (secondary N) is 1. The summed E-state index contributed by atoms with van der Waals surface area (Å²) in [4.78, 5) is 0. The lowest BCUT2D eigenvalue weighted by molar-refractivity contribution is -0.671. The summed E-state index contributed by atoms with van der Waals surface area (Å²) in [7, 11) is 3.43. The first-order valence-electron chi connectivity index (χ1n) is 9.64. The van der Waals surface area contributed by atoms with Crippen LogP contribution >= 0.6 is 0 Å². The van der Waals surface area contributed by atoms with Gasteiger partial charge in [0.05, 0.1) is 6.54 Å². The molecule has 1 aromatic rings. The van der Waals surface area contributed by atoms with Gasteiger partial charge in [-0.05, 0) is 32.0 Å². The van der Waals surface area contributed by atoms with E-state index in [1.807, 2.05) is 0 Å². The molecule has 0 heterocycles. The molecule has 2 nitrogen and oxygen atoms in total. The summed E-state index contributed by atoms with van der Waals surface area (Å²) < 4.78 is 0. The number of rotatable bonds is 16. The average molecular weight is 333 g/mol. The van der Waals surface area contributed by atoms with E-state index in [1.165, 1.54) is 76.3 Å². The minimum Gasteiger partial charge on any atom is -0.343 e. The first-order valence-corrected chi connectivity index (χ1v) is 10.3. The molecule has 0 saturated carbocycles. The lowest BCUT2D eigenvalue weighted by Gasteiger charge is -2.04. The lowest BCUT2D eigenvalue weighted by atomic mass is 10.1. The molecule has 0 saturated heterocycles. The van der Waals surface area contributed by atoms with Gasteiger partial charge in [-0.3, -0.25) is 0 Å². The van der Waals surface area contributed by atoms with Gasteiger partial charge >= 0.3 is 0 Å². The van der Waals surface area contributed by atoms with Gasteiger partial charge in [-0.2, -0.15) is 0 Å². The predicted octanol–water partition coefficient (Wildman–Crippen LogP) is 3.37. The maximum absolute atomic E-state index is 3.43. The number of benzene rings is 1. The normalized spacial score (nSPS) is 11.0. The zero-order chi connectivity index (χ0) is 16.4. The fourth-order valence-corrected chi connectivity index (χ4v) is 3.10. The molecule has 0 aliphatic carbocycles. The van der Waals surface area contributed by atoms with E-state index in [9.17, 15) is 0 Å². The first kappa shape index (κ1) is 20.4. The van der Waals surface area contributed by atoms with Crippen LogP contribution < -0.4 is 10.6 Å². The van der Waals surface area contributed by atoms with Crippen LogP contribution in [0.5, 0.6) is 0 Å². The summed E-state index contributed by atoms with van der Waals surface area (Å²) >= 11 is 0. The maximum Gasteiger partial charge on any atom is 0.101 e.